The summed E-state index contributed by atoms with van der Waals surface area (Å²) in [4.78, 5) is 0. The molecule has 2 aromatic rings. The van der Waals surface area contributed by atoms with Gasteiger partial charge in [-0.2, -0.15) is 0 Å². The molecule has 2 saturated heterocycles. The first-order chi connectivity index (χ1) is 11.4. The molecule has 0 spiro atoms. The van der Waals surface area contributed by atoms with Gasteiger partial charge in [0.2, 0.25) is 0 Å². The van der Waals surface area contributed by atoms with Crippen LogP contribution in [0.25, 0.3) is 0 Å². The van der Waals surface area contributed by atoms with Crippen LogP contribution in [0.15, 0.2) is 60.7 Å². The molecule has 0 amide bonds. The van der Waals surface area contributed by atoms with Crippen LogP contribution >= 0.6 is 0 Å². The molecule has 2 fully saturated rings. The Labute approximate surface area is 137 Å². The van der Waals surface area contributed by atoms with Gasteiger partial charge < -0.3 is 14.2 Å². The fourth-order valence-corrected chi connectivity index (χ4v) is 3.00. The molecule has 4 atom stereocenters. The third-order valence-corrected chi connectivity index (χ3v) is 4.50. The van der Waals surface area contributed by atoms with Gasteiger partial charge in [0.1, 0.15) is 12.2 Å². The van der Waals surface area contributed by atoms with Crippen LogP contribution < -0.4 is 0 Å². The first kappa shape index (κ1) is 14.9. The second-order valence-corrected chi connectivity index (χ2v) is 6.34. The quantitative estimate of drug-likeness (QED) is 0.703. The second-order valence-electron chi connectivity index (χ2n) is 6.34. The highest BCUT2D eigenvalue weighted by atomic mass is 16.6. The number of rotatable bonds is 8. The van der Waals surface area contributed by atoms with Crippen LogP contribution in [0, 0.1) is 0 Å². The molecular weight excluding hydrogens is 288 g/mol. The molecule has 0 aromatic heterocycles. The van der Waals surface area contributed by atoms with Crippen molar-refractivity contribution in [3.05, 3.63) is 71.8 Å². The Morgan fingerprint density at radius 3 is 1.48 bits per heavy atom. The molecule has 4 unspecified atom stereocenters. The van der Waals surface area contributed by atoms with Crippen LogP contribution in [0.5, 0.6) is 0 Å². The first-order valence-corrected chi connectivity index (χ1v) is 8.35. The first-order valence-electron chi connectivity index (χ1n) is 8.35. The fourth-order valence-electron chi connectivity index (χ4n) is 3.00. The number of hydrogen-bond donors (Lipinski definition) is 0. The average Bonchev–Trinajstić information content (AvgIpc) is 3.49. The maximum atomic E-state index is 5.77. The van der Waals surface area contributed by atoms with Gasteiger partial charge in [-0.15, -0.1) is 0 Å². The summed E-state index contributed by atoms with van der Waals surface area (Å²) in [5.74, 6) is 0. The van der Waals surface area contributed by atoms with E-state index in [4.69, 9.17) is 14.2 Å². The van der Waals surface area contributed by atoms with Crippen molar-refractivity contribution >= 4 is 0 Å². The van der Waals surface area contributed by atoms with Crippen molar-refractivity contribution in [3.63, 3.8) is 0 Å². The molecule has 3 nitrogen and oxygen atoms in total. The van der Waals surface area contributed by atoms with Crippen molar-refractivity contribution in [2.75, 3.05) is 13.2 Å². The van der Waals surface area contributed by atoms with Gasteiger partial charge in [-0.1, -0.05) is 60.7 Å². The Hall–Kier alpha value is -1.68. The predicted molar refractivity (Wildman–Crippen MR) is 88.4 cm³/mol. The van der Waals surface area contributed by atoms with Crippen molar-refractivity contribution in [1.29, 1.82) is 0 Å². The lowest BCUT2D eigenvalue weighted by Crippen LogP contribution is -2.12. The van der Waals surface area contributed by atoms with E-state index in [0.717, 1.165) is 12.8 Å². The molecule has 2 aliphatic heterocycles. The van der Waals surface area contributed by atoms with Crippen molar-refractivity contribution < 1.29 is 14.2 Å². The molecule has 2 aromatic carbocycles. The maximum absolute atomic E-state index is 5.77. The van der Waals surface area contributed by atoms with E-state index in [2.05, 4.69) is 48.5 Å². The lowest BCUT2D eigenvalue weighted by Gasteiger charge is -2.00. The number of epoxide rings is 2. The minimum atomic E-state index is 0.251. The van der Waals surface area contributed by atoms with E-state index in [1.54, 1.807) is 0 Å². The van der Waals surface area contributed by atoms with Crippen LogP contribution in [0.1, 0.15) is 11.1 Å². The Morgan fingerprint density at radius 1 is 0.609 bits per heavy atom. The van der Waals surface area contributed by atoms with Crippen LogP contribution in [0.4, 0.5) is 0 Å². The Balaban J connectivity index is 1.11. The predicted octanol–water partition coefficient (Wildman–Crippen LogP) is 3.02. The Kier molecular flexibility index (Phi) is 4.42. The minimum Gasteiger partial charge on any atom is -0.376 e. The molecule has 0 saturated carbocycles. The van der Waals surface area contributed by atoms with E-state index in [-0.39, 0.29) is 12.2 Å². The molecule has 23 heavy (non-hydrogen) atoms. The lowest BCUT2D eigenvalue weighted by atomic mass is 10.1. The van der Waals surface area contributed by atoms with Crippen LogP contribution in [-0.2, 0) is 27.1 Å². The van der Waals surface area contributed by atoms with Crippen molar-refractivity contribution in [2.24, 2.45) is 0 Å². The van der Waals surface area contributed by atoms with E-state index in [9.17, 15) is 0 Å². The summed E-state index contributed by atoms with van der Waals surface area (Å²) in [5.41, 5.74) is 2.65. The van der Waals surface area contributed by atoms with E-state index in [1.165, 1.54) is 11.1 Å². The van der Waals surface area contributed by atoms with Gasteiger partial charge in [-0.25, -0.2) is 0 Å². The highest BCUT2D eigenvalue weighted by Gasteiger charge is 2.41. The summed E-state index contributed by atoms with van der Waals surface area (Å²) in [5, 5.41) is 0. The zero-order valence-electron chi connectivity index (χ0n) is 13.1. The van der Waals surface area contributed by atoms with E-state index >= 15 is 0 Å². The summed E-state index contributed by atoms with van der Waals surface area (Å²) in [6, 6.07) is 20.9. The minimum absolute atomic E-state index is 0.251. The highest BCUT2D eigenvalue weighted by Crippen LogP contribution is 2.29. The van der Waals surface area contributed by atoms with Crippen LogP contribution in [0.3, 0.4) is 0 Å². The molecule has 120 valence electrons. The zero-order chi connectivity index (χ0) is 15.5. The standard InChI is InChI=1S/C20H22O3/c1-3-7-15(8-4-1)11-17-19(22-17)13-21-14-20-18(23-20)12-16-9-5-2-6-10-16/h1-10,17-20H,11-14H2. The SMILES string of the molecule is c1ccc(CC2OC2COCC2OC2Cc2ccccc2)cc1. The van der Waals surface area contributed by atoms with Crippen molar-refractivity contribution in [2.45, 2.75) is 37.3 Å². The monoisotopic (exact) mass is 310 g/mol. The third-order valence-electron chi connectivity index (χ3n) is 4.50. The Bertz CT molecular complexity index is 558. The second kappa shape index (κ2) is 6.83. The van der Waals surface area contributed by atoms with Gasteiger partial charge in [-0.3, -0.25) is 0 Å². The molecular formula is C20H22O3. The van der Waals surface area contributed by atoms with Gasteiger partial charge in [0, 0.05) is 12.8 Å². The molecule has 4 rings (SSSR count). The van der Waals surface area contributed by atoms with Gasteiger partial charge >= 0.3 is 0 Å². The number of hydrogen-bond acceptors (Lipinski definition) is 3. The van der Waals surface area contributed by atoms with E-state index in [1.807, 2.05) is 12.1 Å². The molecule has 2 aliphatic rings. The molecule has 0 bridgehead atoms. The molecule has 2 heterocycles. The summed E-state index contributed by atoms with van der Waals surface area (Å²) >= 11 is 0. The molecule has 3 heteroatoms. The van der Waals surface area contributed by atoms with Crippen LogP contribution in [0.2, 0.25) is 0 Å². The maximum Gasteiger partial charge on any atom is 0.108 e. The van der Waals surface area contributed by atoms with Crippen molar-refractivity contribution in [3.8, 4) is 0 Å². The Morgan fingerprint density at radius 2 is 1.04 bits per heavy atom. The van der Waals surface area contributed by atoms with Gasteiger partial charge in [0.25, 0.3) is 0 Å². The van der Waals surface area contributed by atoms with E-state index < -0.39 is 0 Å². The summed E-state index contributed by atoms with van der Waals surface area (Å²) in [7, 11) is 0. The smallest absolute Gasteiger partial charge is 0.108 e. The fraction of sp³-hybridized carbons (Fsp3) is 0.400. The zero-order valence-corrected chi connectivity index (χ0v) is 13.1. The van der Waals surface area contributed by atoms with Gasteiger partial charge in [-0.05, 0) is 11.1 Å². The normalized spacial score (nSPS) is 28.5. The average molecular weight is 310 g/mol. The topological polar surface area (TPSA) is 34.3 Å². The summed E-state index contributed by atoms with van der Waals surface area (Å²) in [6.07, 6.45) is 3.09. The molecule has 0 N–H and O–H groups in total. The molecule has 0 radical (unpaired) electrons. The summed E-state index contributed by atoms with van der Waals surface area (Å²) < 4.78 is 17.1. The van der Waals surface area contributed by atoms with Crippen LogP contribution in [-0.4, -0.2) is 37.6 Å². The highest BCUT2D eigenvalue weighted by molar-refractivity contribution is 5.18. The summed E-state index contributed by atoms with van der Waals surface area (Å²) in [6.45, 7) is 1.35. The van der Waals surface area contributed by atoms with E-state index in [0.29, 0.717) is 25.4 Å². The lowest BCUT2D eigenvalue weighted by molar-refractivity contribution is 0.102. The van der Waals surface area contributed by atoms with Crippen molar-refractivity contribution in [1.82, 2.24) is 0 Å². The largest absolute Gasteiger partial charge is 0.376 e. The third kappa shape index (κ3) is 4.20. The van der Waals surface area contributed by atoms with Gasteiger partial charge in [0.15, 0.2) is 0 Å². The number of benzene rings is 2. The molecule has 0 aliphatic carbocycles. The number of ether oxygens (including phenoxy) is 3. The van der Waals surface area contributed by atoms with Gasteiger partial charge in [0.05, 0.1) is 25.4 Å².